The molecule has 0 saturated carbocycles. The first kappa shape index (κ1) is 19.3. The molecular formula is C15H26BrClOS. The van der Waals surface area contributed by atoms with Gasteiger partial charge in [-0.1, -0.05) is 55.2 Å². The van der Waals surface area contributed by atoms with Crippen molar-refractivity contribution in [2.24, 2.45) is 0 Å². The molecule has 0 saturated heterocycles. The summed E-state index contributed by atoms with van der Waals surface area (Å²) in [6, 6.07) is 5.38. The van der Waals surface area contributed by atoms with Crippen LogP contribution in [-0.4, -0.2) is 28.1 Å². The minimum Gasteiger partial charge on any atom is -0.392 e. The Hall–Kier alpha value is 0.300. The van der Waals surface area contributed by atoms with Crippen LogP contribution in [0.2, 0.25) is 5.02 Å². The summed E-state index contributed by atoms with van der Waals surface area (Å²) in [5.41, 5.74) is 0.746. The Balaban J connectivity index is 0.000000344. The fourth-order valence-electron chi connectivity index (χ4n) is 1.10. The van der Waals surface area contributed by atoms with Crippen LogP contribution < -0.4 is 0 Å². The van der Waals surface area contributed by atoms with Crippen LogP contribution in [-0.2, 0) is 6.61 Å². The molecule has 0 aliphatic heterocycles. The predicted molar refractivity (Wildman–Crippen MR) is 94.8 cm³/mol. The maximum Gasteiger partial charge on any atom is 0.0696 e. The predicted octanol–water partition coefficient (Wildman–Crippen LogP) is 5.46. The van der Waals surface area contributed by atoms with E-state index >= 15 is 0 Å². The van der Waals surface area contributed by atoms with Crippen molar-refractivity contribution in [2.45, 2.75) is 39.0 Å². The molecule has 19 heavy (non-hydrogen) atoms. The Morgan fingerprint density at radius 2 is 1.79 bits per heavy atom. The van der Waals surface area contributed by atoms with Gasteiger partial charge in [-0.3, -0.25) is 0 Å². The number of rotatable bonds is 2. The third-order valence-corrected chi connectivity index (χ3v) is 9.18. The fraction of sp³-hybridized carbons (Fsp3) is 0.600. The van der Waals surface area contributed by atoms with Crippen LogP contribution in [0.25, 0.3) is 0 Å². The van der Waals surface area contributed by atoms with Crippen molar-refractivity contribution in [1.29, 1.82) is 0 Å². The van der Waals surface area contributed by atoms with Crippen molar-refractivity contribution in [3.8, 4) is 0 Å². The molecule has 0 fully saturated rings. The molecule has 0 radical (unpaired) electrons. The topological polar surface area (TPSA) is 20.2 Å². The molecule has 1 nitrogen and oxygen atoms in total. The molecule has 112 valence electrons. The fourth-order valence-corrected chi connectivity index (χ4v) is 2.55. The van der Waals surface area contributed by atoms with E-state index < -0.39 is 0 Å². The van der Waals surface area contributed by atoms with E-state index in [-0.39, 0.29) is 16.6 Å². The molecule has 1 aromatic rings. The zero-order valence-electron chi connectivity index (χ0n) is 12.8. The van der Waals surface area contributed by atoms with E-state index in [1.54, 1.807) is 12.1 Å². The first-order valence-corrected chi connectivity index (χ1v) is 10.1. The molecule has 1 aromatic carbocycles. The number of halogens is 2. The molecule has 0 unspecified atom stereocenters. The van der Waals surface area contributed by atoms with Gasteiger partial charge >= 0.3 is 0 Å². The van der Waals surface area contributed by atoms with Crippen LogP contribution in [0.3, 0.4) is 0 Å². The summed E-state index contributed by atoms with van der Waals surface area (Å²) in [4.78, 5) is 0. The van der Waals surface area contributed by atoms with Crippen molar-refractivity contribution >= 4 is 37.6 Å². The van der Waals surface area contributed by atoms with Gasteiger partial charge in [-0.25, -0.2) is 10.0 Å². The van der Waals surface area contributed by atoms with Gasteiger partial charge in [0.2, 0.25) is 0 Å². The highest BCUT2D eigenvalue weighted by atomic mass is 79.9. The third-order valence-electron chi connectivity index (χ3n) is 3.56. The maximum atomic E-state index is 8.74. The second-order valence-electron chi connectivity index (χ2n) is 5.83. The summed E-state index contributed by atoms with van der Waals surface area (Å²) >= 11 is 8.98. The van der Waals surface area contributed by atoms with Crippen LogP contribution in [0.15, 0.2) is 22.7 Å². The second-order valence-corrected chi connectivity index (χ2v) is 12.0. The van der Waals surface area contributed by atoms with Gasteiger partial charge in [0, 0.05) is 9.50 Å². The van der Waals surface area contributed by atoms with E-state index in [0.717, 1.165) is 10.0 Å². The van der Waals surface area contributed by atoms with Crippen LogP contribution in [0.4, 0.5) is 0 Å². The van der Waals surface area contributed by atoms with Crippen molar-refractivity contribution in [1.82, 2.24) is 0 Å². The Bertz CT molecular complexity index is 400. The molecule has 0 amide bonds. The zero-order valence-corrected chi connectivity index (χ0v) is 15.9. The van der Waals surface area contributed by atoms with Gasteiger partial charge in [0.1, 0.15) is 0 Å². The van der Waals surface area contributed by atoms with E-state index in [1.165, 1.54) is 5.75 Å². The molecule has 0 aliphatic carbocycles. The molecule has 0 heterocycles. The van der Waals surface area contributed by atoms with Crippen molar-refractivity contribution in [3.63, 3.8) is 0 Å². The van der Waals surface area contributed by atoms with E-state index in [2.05, 4.69) is 56.1 Å². The first-order chi connectivity index (χ1) is 8.55. The average molecular weight is 370 g/mol. The molecule has 0 aromatic heterocycles. The van der Waals surface area contributed by atoms with Gasteiger partial charge in [0.05, 0.1) is 6.61 Å². The summed E-state index contributed by atoms with van der Waals surface area (Å²) in [5.74, 6) is 1.34. The number of aliphatic hydroxyl groups excluding tert-OH is 1. The third kappa shape index (κ3) is 6.52. The number of hydrogen-bond acceptors (Lipinski definition) is 1. The normalized spacial score (nSPS) is 12.7. The molecule has 0 spiro atoms. The Kier molecular flexibility index (Phi) is 8.04. The lowest BCUT2D eigenvalue weighted by Crippen LogP contribution is -2.24. The number of hydrogen-bond donors (Lipinski definition) is 1. The minimum absolute atomic E-state index is 0.0156. The van der Waals surface area contributed by atoms with Crippen LogP contribution >= 0.6 is 37.6 Å². The Morgan fingerprint density at radius 3 is 2.05 bits per heavy atom. The summed E-state index contributed by atoms with van der Waals surface area (Å²) < 4.78 is 1.46. The second kappa shape index (κ2) is 7.92. The summed E-state index contributed by atoms with van der Waals surface area (Å²) in [6.07, 6.45) is 4.82. The largest absolute Gasteiger partial charge is 0.392 e. The van der Waals surface area contributed by atoms with Crippen molar-refractivity contribution in [2.75, 3.05) is 18.3 Å². The van der Waals surface area contributed by atoms with Crippen LogP contribution in [0.5, 0.6) is 0 Å². The highest BCUT2D eigenvalue weighted by molar-refractivity contribution is 9.10. The van der Waals surface area contributed by atoms with E-state index in [9.17, 15) is 0 Å². The molecule has 4 heteroatoms. The number of aliphatic hydroxyl groups is 1. The molecule has 1 N–H and O–H groups in total. The van der Waals surface area contributed by atoms with Gasteiger partial charge < -0.3 is 5.11 Å². The SMILES string of the molecule is CCS(C)(C)C(C)(C)C.OCc1cc(Br)ccc1Cl. The smallest absolute Gasteiger partial charge is 0.0696 e. The molecule has 1 rings (SSSR count). The van der Waals surface area contributed by atoms with Crippen molar-refractivity contribution < 1.29 is 5.11 Å². The molecule has 0 aliphatic rings. The summed E-state index contributed by atoms with van der Waals surface area (Å²) in [5, 5.41) is 9.34. The molecular weight excluding hydrogens is 344 g/mol. The van der Waals surface area contributed by atoms with Gasteiger partial charge in [-0.2, -0.15) is 0 Å². The van der Waals surface area contributed by atoms with Gasteiger partial charge in [-0.05, 0) is 46.8 Å². The Morgan fingerprint density at radius 1 is 1.26 bits per heavy atom. The lowest BCUT2D eigenvalue weighted by Gasteiger charge is -2.43. The van der Waals surface area contributed by atoms with Crippen LogP contribution in [0.1, 0.15) is 33.3 Å². The van der Waals surface area contributed by atoms with Gasteiger partial charge in [0.25, 0.3) is 0 Å². The van der Waals surface area contributed by atoms with E-state index in [4.69, 9.17) is 16.7 Å². The van der Waals surface area contributed by atoms with Crippen molar-refractivity contribution in [3.05, 3.63) is 33.3 Å². The van der Waals surface area contributed by atoms with E-state index in [1.807, 2.05) is 6.07 Å². The number of benzene rings is 1. The van der Waals surface area contributed by atoms with Gasteiger partial charge in [-0.15, -0.1) is 0 Å². The zero-order chi connectivity index (χ0) is 15.3. The average Bonchev–Trinajstić information content (AvgIpc) is 2.31. The monoisotopic (exact) mass is 368 g/mol. The minimum atomic E-state index is -0.336. The highest BCUT2D eigenvalue weighted by Crippen LogP contribution is 2.52. The molecule has 0 atom stereocenters. The molecule has 0 bridgehead atoms. The maximum absolute atomic E-state index is 8.74. The summed E-state index contributed by atoms with van der Waals surface area (Å²) in [6.45, 7) is 9.29. The lowest BCUT2D eigenvalue weighted by molar-refractivity contribution is 0.282. The van der Waals surface area contributed by atoms with Crippen LogP contribution in [0, 0.1) is 0 Å². The first-order valence-electron chi connectivity index (χ1n) is 6.30. The standard InChI is InChI=1S/C8H20S.C7H6BrClO/c1-7-9(5,6)8(2,3)4;8-6-1-2-7(9)5(3-6)4-10/h7H2,1-6H3;1-3,10H,4H2. The van der Waals surface area contributed by atoms with Gasteiger partial charge in [0.15, 0.2) is 0 Å². The highest BCUT2D eigenvalue weighted by Gasteiger charge is 2.25. The summed E-state index contributed by atoms with van der Waals surface area (Å²) in [7, 11) is -0.336. The Labute approximate surface area is 133 Å². The van der Waals surface area contributed by atoms with E-state index in [0.29, 0.717) is 9.77 Å². The lowest BCUT2D eigenvalue weighted by atomic mass is 10.2. The quantitative estimate of drug-likeness (QED) is 0.733.